The maximum absolute atomic E-state index is 12.5. The Morgan fingerprint density at radius 3 is 2.61 bits per heavy atom. The number of rotatable bonds is 5. The molecule has 1 amide bonds. The average molecular weight is 361 g/mol. The summed E-state index contributed by atoms with van der Waals surface area (Å²) in [4.78, 5) is 21.0. The number of carbonyl (C=O) groups is 1. The Kier molecular flexibility index (Phi) is 8.23. The molecule has 7 heteroatoms. The number of amides is 1. The lowest BCUT2D eigenvalue weighted by Gasteiger charge is -2.30. The Hall–Kier alpha value is -0.910. The Morgan fingerprint density at radius 2 is 2.04 bits per heavy atom. The van der Waals surface area contributed by atoms with Crippen LogP contribution in [0.15, 0.2) is 6.20 Å². The van der Waals surface area contributed by atoms with Gasteiger partial charge in [-0.2, -0.15) is 0 Å². The molecule has 1 aliphatic rings. The molecule has 2 rings (SSSR count). The number of carbonyl (C=O) groups excluding carboxylic acids is 1. The Bertz CT molecular complexity index is 519. The maximum Gasteiger partial charge on any atom is 0.271 e. The summed E-state index contributed by atoms with van der Waals surface area (Å²) in [5.41, 5.74) is 6.11. The first-order valence-corrected chi connectivity index (χ1v) is 8.44. The van der Waals surface area contributed by atoms with Gasteiger partial charge in [-0.25, -0.2) is 9.97 Å². The van der Waals surface area contributed by atoms with Crippen LogP contribution in [0, 0.1) is 5.92 Å². The van der Waals surface area contributed by atoms with Crippen molar-refractivity contribution in [2.45, 2.75) is 57.9 Å². The highest BCUT2D eigenvalue weighted by Crippen LogP contribution is 2.26. The molecule has 130 valence electrons. The zero-order chi connectivity index (χ0) is 16.1. The summed E-state index contributed by atoms with van der Waals surface area (Å²) >= 11 is 6.09. The number of halogens is 2. The highest BCUT2D eigenvalue weighted by Gasteiger charge is 2.26. The fourth-order valence-electron chi connectivity index (χ4n) is 2.96. The lowest BCUT2D eigenvalue weighted by Crippen LogP contribution is -2.46. The van der Waals surface area contributed by atoms with Crippen molar-refractivity contribution in [1.82, 2.24) is 15.3 Å². The number of nitrogens with zero attached hydrogens (tertiary/aromatic N) is 2. The van der Waals surface area contributed by atoms with E-state index in [1.165, 1.54) is 25.5 Å². The van der Waals surface area contributed by atoms with Crippen molar-refractivity contribution in [2.24, 2.45) is 11.7 Å². The predicted octanol–water partition coefficient (Wildman–Crippen LogP) is 3.31. The van der Waals surface area contributed by atoms with Crippen molar-refractivity contribution < 1.29 is 4.79 Å². The van der Waals surface area contributed by atoms with Gasteiger partial charge >= 0.3 is 0 Å². The minimum atomic E-state index is -0.254. The molecule has 0 aromatic carbocycles. The molecule has 1 saturated carbocycles. The smallest absolute Gasteiger partial charge is 0.271 e. The van der Waals surface area contributed by atoms with Gasteiger partial charge in [-0.3, -0.25) is 4.79 Å². The van der Waals surface area contributed by atoms with E-state index in [-0.39, 0.29) is 41.0 Å². The maximum atomic E-state index is 12.5. The van der Waals surface area contributed by atoms with Gasteiger partial charge in [-0.1, -0.05) is 44.7 Å². The van der Waals surface area contributed by atoms with Crippen LogP contribution < -0.4 is 11.1 Å². The molecule has 1 aromatic rings. The predicted molar refractivity (Wildman–Crippen MR) is 95.3 cm³/mol. The average Bonchev–Trinajstić information content (AvgIpc) is 2.53. The lowest BCUT2D eigenvalue weighted by molar-refractivity contribution is 0.0910. The van der Waals surface area contributed by atoms with Gasteiger partial charge in [-0.05, 0) is 18.8 Å². The summed E-state index contributed by atoms with van der Waals surface area (Å²) in [5.74, 6) is 0.965. The number of aromatic nitrogens is 2. The van der Waals surface area contributed by atoms with E-state index in [2.05, 4.69) is 15.3 Å². The van der Waals surface area contributed by atoms with Crippen LogP contribution in [-0.4, -0.2) is 28.5 Å². The standard InChI is InChI=1S/C16H25ClN4O.ClH/c1-10(2)15-19-9-12(17)14(21-15)16(22)20-13(8-18)11-6-4-3-5-7-11;/h9-11,13H,3-8,18H2,1-2H3,(H,20,22);1H. The molecule has 3 N–H and O–H groups in total. The van der Waals surface area contributed by atoms with E-state index in [0.29, 0.717) is 18.3 Å². The van der Waals surface area contributed by atoms with Crippen LogP contribution in [0.2, 0.25) is 5.02 Å². The van der Waals surface area contributed by atoms with Gasteiger partial charge in [-0.15, -0.1) is 12.4 Å². The second-order valence-electron chi connectivity index (χ2n) is 6.29. The lowest BCUT2D eigenvalue weighted by atomic mass is 9.84. The molecule has 0 saturated heterocycles. The van der Waals surface area contributed by atoms with E-state index < -0.39 is 0 Å². The molecule has 1 atom stereocenters. The highest BCUT2D eigenvalue weighted by molar-refractivity contribution is 6.33. The van der Waals surface area contributed by atoms with Crippen LogP contribution in [0.5, 0.6) is 0 Å². The van der Waals surface area contributed by atoms with Crippen molar-refractivity contribution in [3.63, 3.8) is 0 Å². The van der Waals surface area contributed by atoms with Gasteiger partial charge < -0.3 is 11.1 Å². The second-order valence-corrected chi connectivity index (χ2v) is 6.70. The van der Waals surface area contributed by atoms with Gasteiger partial charge in [0, 0.05) is 18.5 Å². The van der Waals surface area contributed by atoms with E-state index in [9.17, 15) is 4.79 Å². The van der Waals surface area contributed by atoms with Crippen LogP contribution in [0.1, 0.15) is 68.2 Å². The van der Waals surface area contributed by atoms with E-state index in [1.54, 1.807) is 0 Å². The first-order chi connectivity index (χ1) is 10.5. The third kappa shape index (κ3) is 5.30. The number of nitrogens with two attached hydrogens (primary N) is 1. The van der Waals surface area contributed by atoms with E-state index in [0.717, 1.165) is 12.8 Å². The summed E-state index contributed by atoms with van der Waals surface area (Å²) in [7, 11) is 0. The van der Waals surface area contributed by atoms with E-state index in [4.69, 9.17) is 17.3 Å². The molecule has 1 fully saturated rings. The number of hydrogen-bond acceptors (Lipinski definition) is 4. The van der Waals surface area contributed by atoms with Gasteiger partial charge in [0.25, 0.3) is 5.91 Å². The van der Waals surface area contributed by atoms with Crippen molar-refractivity contribution in [1.29, 1.82) is 0 Å². The molecule has 5 nitrogen and oxygen atoms in total. The first kappa shape index (κ1) is 20.1. The molecule has 0 spiro atoms. The van der Waals surface area contributed by atoms with Crippen LogP contribution in [0.3, 0.4) is 0 Å². The van der Waals surface area contributed by atoms with Crippen LogP contribution in [0.4, 0.5) is 0 Å². The van der Waals surface area contributed by atoms with E-state index in [1.807, 2.05) is 13.8 Å². The normalized spacial score (nSPS) is 16.7. The van der Waals surface area contributed by atoms with Gasteiger partial charge in [0.1, 0.15) is 11.5 Å². The summed E-state index contributed by atoms with van der Waals surface area (Å²) in [6.45, 7) is 4.40. The molecular formula is C16H26Cl2N4O. The first-order valence-electron chi connectivity index (χ1n) is 8.06. The van der Waals surface area contributed by atoms with Crippen LogP contribution in [0.25, 0.3) is 0 Å². The highest BCUT2D eigenvalue weighted by atomic mass is 35.5. The molecule has 0 radical (unpaired) electrons. The quantitative estimate of drug-likeness (QED) is 0.843. The molecule has 1 aliphatic carbocycles. The van der Waals surface area contributed by atoms with Crippen molar-refractivity contribution in [2.75, 3.05) is 6.54 Å². The molecule has 1 unspecified atom stereocenters. The summed E-state index contributed by atoms with van der Waals surface area (Å²) in [6.07, 6.45) is 7.44. The van der Waals surface area contributed by atoms with Crippen molar-refractivity contribution >= 4 is 29.9 Å². The number of nitrogens with one attached hydrogen (secondary N) is 1. The zero-order valence-corrected chi connectivity index (χ0v) is 15.3. The van der Waals surface area contributed by atoms with Crippen molar-refractivity contribution in [3.05, 3.63) is 22.7 Å². The monoisotopic (exact) mass is 360 g/mol. The fourth-order valence-corrected chi connectivity index (χ4v) is 3.14. The molecule has 0 bridgehead atoms. The topological polar surface area (TPSA) is 80.9 Å². The van der Waals surface area contributed by atoms with Gasteiger partial charge in [0.05, 0.1) is 11.2 Å². The van der Waals surface area contributed by atoms with E-state index >= 15 is 0 Å². The Balaban J connectivity index is 0.00000264. The molecule has 0 aliphatic heterocycles. The molecule has 1 aromatic heterocycles. The zero-order valence-electron chi connectivity index (χ0n) is 13.7. The second kappa shape index (κ2) is 9.40. The third-order valence-electron chi connectivity index (χ3n) is 4.28. The van der Waals surface area contributed by atoms with Crippen LogP contribution in [-0.2, 0) is 0 Å². The summed E-state index contributed by atoms with van der Waals surface area (Å²) in [5, 5.41) is 3.30. The summed E-state index contributed by atoms with van der Waals surface area (Å²) in [6, 6.07) is -0.0127. The minimum absolute atomic E-state index is 0. The van der Waals surface area contributed by atoms with Crippen molar-refractivity contribution in [3.8, 4) is 0 Å². The van der Waals surface area contributed by atoms with Gasteiger partial charge in [0.15, 0.2) is 0 Å². The molecular weight excluding hydrogens is 335 g/mol. The fraction of sp³-hybridized carbons (Fsp3) is 0.688. The SMILES string of the molecule is CC(C)c1ncc(Cl)c(C(=O)NC(CN)C2CCCCC2)n1.Cl. The van der Waals surface area contributed by atoms with Crippen LogP contribution >= 0.6 is 24.0 Å². The summed E-state index contributed by atoms with van der Waals surface area (Å²) < 4.78 is 0. The largest absolute Gasteiger partial charge is 0.346 e. The molecule has 23 heavy (non-hydrogen) atoms. The molecule has 1 heterocycles. The number of hydrogen-bond donors (Lipinski definition) is 2. The Morgan fingerprint density at radius 1 is 1.39 bits per heavy atom. The minimum Gasteiger partial charge on any atom is -0.346 e. The van der Waals surface area contributed by atoms with Gasteiger partial charge in [0.2, 0.25) is 0 Å². The Labute approximate surface area is 149 Å². The third-order valence-corrected chi connectivity index (χ3v) is 4.56.